The summed E-state index contributed by atoms with van der Waals surface area (Å²) in [5, 5.41) is 0. The fourth-order valence-electron chi connectivity index (χ4n) is 2.82. The molecular weight excluding hydrogens is 362 g/mol. The molecule has 0 bridgehead atoms. The van der Waals surface area contributed by atoms with Crippen LogP contribution in [0.15, 0.2) is 48.5 Å². The van der Waals surface area contributed by atoms with Crippen molar-refractivity contribution in [2.24, 2.45) is 5.92 Å². The summed E-state index contributed by atoms with van der Waals surface area (Å²) >= 11 is 0. The maximum absolute atomic E-state index is 13.0. The second-order valence-electron chi connectivity index (χ2n) is 7.06. The van der Waals surface area contributed by atoms with Gasteiger partial charge in [-0.1, -0.05) is 45.0 Å². The van der Waals surface area contributed by atoms with Crippen LogP contribution in [0, 0.1) is 5.92 Å². The number of carbonyl (C=O) groups is 1. The summed E-state index contributed by atoms with van der Waals surface area (Å²) in [6, 6.07) is 14.5. The molecule has 0 aromatic heterocycles. The summed E-state index contributed by atoms with van der Waals surface area (Å²) in [5.41, 5.74) is 2.65. The Balaban J connectivity index is 2.23. The number of aryl methyl sites for hydroxylation is 1. The van der Waals surface area contributed by atoms with Crippen LogP contribution in [0.2, 0.25) is 0 Å². The first-order chi connectivity index (χ1) is 12.7. The highest BCUT2D eigenvalue weighted by molar-refractivity contribution is 7.86. The molecule has 0 aliphatic heterocycles. The van der Waals surface area contributed by atoms with Crippen LogP contribution in [0.4, 0.5) is 0 Å². The van der Waals surface area contributed by atoms with Gasteiger partial charge in [0.2, 0.25) is 0 Å². The number of nitrogens with zero attached hydrogens (tertiary/aromatic N) is 1. The summed E-state index contributed by atoms with van der Waals surface area (Å²) < 4.78 is 27.6. The largest absolute Gasteiger partial charge is 0.383 e. The van der Waals surface area contributed by atoms with Crippen LogP contribution in [0.1, 0.15) is 42.3 Å². The first-order valence-electron chi connectivity index (χ1n) is 9.04. The third kappa shape index (κ3) is 6.71. The third-order valence-corrected chi connectivity index (χ3v) is 4.50. The molecule has 2 aromatic carbocycles. The third-order valence-electron chi connectivity index (χ3n) is 4.00. The summed E-state index contributed by atoms with van der Waals surface area (Å²) in [6.45, 7) is 7.18. The zero-order valence-corrected chi connectivity index (χ0v) is 17.1. The molecule has 5 nitrogen and oxygen atoms in total. The highest BCUT2D eigenvalue weighted by Crippen LogP contribution is 2.19. The normalized spacial score (nSPS) is 11.4. The Morgan fingerprint density at radius 3 is 2.30 bits per heavy atom. The summed E-state index contributed by atoms with van der Waals surface area (Å²) in [7, 11) is -3.59. The van der Waals surface area contributed by atoms with E-state index in [-0.39, 0.29) is 11.7 Å². The van der Waals surface area contributed by atoms with Gasteiger partial charge in [0.1, 0.15) is 5.75 Å². The first-order valence-corrected chi connectivity index (χ1v) is 10.9. The van der Waals surface area contributed by atoms with Crippen LogP contribution in [-0.2, 0) is 23.1 Å². The van der Waals surface area contributed by atoms with Gasteiger partial charge in [-0.2, -0.15) is 8.42 Å². The predicted octanol–water partition coefficient (Wildman–Crippen LogP) is 3.89. The highest BCUT2D eigenvalue weighted by Gasteiger charge is 2.18. The molecule has 1 amide bonds. The molecule has 27 heavy (non-hydrogen) atoms. The monoisotopic (exact) mass is 389 g/mol. The van der Waals surface area contributed by atoms with Crippen molar-refractivity contribution in [2.75, 3.05) is 12.8 Å². The van der Waals surface area contributed by atoms with E-state index < -0.39 is 10.1 Å². The fourth-order valence-corrected chi connectivity index (χ4v) is 3.27. The molecule has 0 radical (unpaired) electrons. The SMILES string of the molecule is CCc1ccc(C(=O)N(Cc2cccc(OS(C)(=O)=O)c2)CC(C)C)cc1. The smallest absolute Gasteiger partial charge is 0.306 e. The predicted molar refractivity (Wildman–Crippen MR) is 107 cm³/mol. The molecule has 0 aliphatic rings. The second-order valence-corrected chi connectivity index (χ2v) is 8.64. The van der Waals surface area contributed by atoms with Crippen LogP contribution in [0.3, 0.4) is 0 Å². The molecule has 0 saturated heterocycles. The van der Waals surface area contributed by atoms with E-state index in [4.69, 9.17) is 4.18 Å². The maximum atomic E-state index is 13.0. The van der Waals surface area contributed by atoms with Gasteiger partial charge in [0.05, 0.1) is 6.26 Å². The van der Waals surface area contributed by atoms with E-state index in [1.165, 1.54) is 5.56 Å². The van der Waals surface area contributed by atoms with Gasteiger partial charge in [-0.15, -0.1) is 0 Å². The Morgan fingerprint density at radius 2 is 1.74 bits per heavy atom. The first kappa shape index (κ1) is 21.0. The Morgan fingerprint density at radius 1 is 1.07 bits per heavy atom. The Kier molecular flexibility index (Phi) is 7.02. The van der Waals surface area contributed by atoms with Gasteiger partial charge in [0.25, 0.3) is 5.91 Å². The molecule has 0 fully saturated rings. The number of amides is 1. The van der Waals surface area contributed by atoms with Gasteiger partial charge < -0.3 is 9.08 Å². The van der Waals surface area contributed by atoms with Crippen LogP contribution in [-0.4, -0.2) is 32.0 Å². The van der Waals surface area contributed by atoms with E-state index in [0.717, 1.165) is 18.2 Å². The molecule has 0 unspecified atom stereocenters. The van der Waals surface area contributed by atoms with Crippen molar-refractivity contribution >= 4 is 16.0 Å². The number of carbonyl (C=O) groups excluding carboxylic acids is 1. The minimum Gasteiger partial charge on any atom is -0.383 e. The zero-order valence-electron chi connectivity index (χ0n) is 16.3. The average molecular weight is 390 g/mol. The Hall–Kier alpha value is -2.34. The number of hydrogen-bond acceptors (Lipinski definition) is 4. The van der Waals surface area contributed by atoms with Crippen molar-refractivity contribution in [1.29, 1.82) is 0 Å². The number of hydrogen-bond donors (Lipinski definition) is 0. The Labute approximate surface area is 162 Å². The molecule has 6 heteroatoms. The Bertz CT molecular complexity index is 873. The quantitative estimate of drug-likeness (QED) is 0.643. The molecule has 0 atom stereocenters. The van der Waals surface area contributed by atoms with Crippen molar-refractivity contribution in [1.82, 2.24) is 4.90 Å². The van der Waals surface area contributed by atoms with E-state index in [9.17, 15) is 13.2 Å². The minimum atomic E-state index is -3.59. The van der Waals surface area contributed by atoms with Crippen LogP contribution in [0.25, 0.3) is 0 Å². The van der Waals surface area contributed by atoms with Gasteiger partial charge in [0, 0.05) is 18.7 Å². The van der Waals surface area contributed by atoms with E-state index in [1.54, 1.807) is 23.1 Å². The van der Waals surface area contributed by atoms with E-state index in [0.29, 0.717) is 24.6 Å². The van der Waals surface area contributed by atoms with Crippen molar-refractivity contribution in [3.8, 4) is 5.75 Å². The van der Waals surface area contributed by atoms with Crippen molar-refractivity contribution < 1.29 is 17.4 Å². The van der Waals surface area contributed by atoms with Crippen LogP contribution < -0.4 is 4.18 Å². The lowest BCUT2D eigenvalue weighted by Gasteiger charge is -2.25. The molecule has 0 saturated carbocycles. The van der Waals surface area contributed by atoms with Gasteiger partial charge in [-0.05, 0) is 47.7 Å². The fraction of sp³-hybridized carbons (Fsp3) is 0.381. The van der Waals surface area contributed by atoms with Crippen LogP contribution >= 0.6 is 0 Å². The molecule has 0 N–H and O–H groups in total. The summed E-state index contributed by atoms with van der Waals surface area (Å²) in [6.07, 6.45) is 1.94. The highest BCUT2D eigenvalue weighted by atomic mass is 32.2. The molecule has 2 aromatic rings. The standard InChI is InChI=1S/C21H27NO4S/c1-5-17-9-11-19(12-10-17)21(23)22(14-16(2)3)15-18-7-6-8-20(13-18)26-27(4,24)25/h6-13,16H,5,14-15H2,1-4H3. The van der Waals surface area contributed by atoms with E-state index in [2.05, 4.69) is 20.8 Å². The zero-order chi connectivity index (χ0) is 20.0. The van der Waals surface area contributed by atoms with Gasteiger partial charge in [0.15, 0.2) is 0 Å². The van der Waals surface area contributed by atoms with E-state index >= 15 is 0 Å². The van der Waals surface area contributed by atoms with Crippen molar-refractivity contribution in [3.05, 3.63) is 65.2 Å². The lowest BCUT2D eigenvalue weighted by atomic mass is 10.1. The summed E-state index contributed by atoms with van der Waals surface area (Å²) in [5.74, 6) is 0.513. The minimum absolute atomic E-state index is 0.0409. The molecular formula is C21H27NO4S. The van der Waals surface area contributed by atoms with Gasteiger partial charge >= 0.3 is 10.1 Å². The van der Waals surface area contributed by atoms with Crippen molar-refractivity contribution in [3.63, 3.8) is 0 Å². The maximum Gasteiger partial charge on any atom is 0.306 e. The average Bonchev–Trinajstić information content (AvgIpc) is 2.59. The molecule has 0 heterocycles. The second kappa shape index (κ2) is 9.04. The lowest BCUT2D eigenvalue weighted by Crippen LogP contribution is -2.33. The number of benzene rings is 2. The molecule has 2 rings (SSSR count). The molecule has 146 valence electrons. The molecule has 0 spiro atoms. The topological polar surface area (TPSA) is 63.7 Å². The summed E-state index contributed by atoms with van der Waals surface area (Å²) in [4.78, 5) is 14.8. The van der Waals surface area contributed by atoms with Crippen molar-refractivity contribution in [2.45, 2.75) is 33.7 Å². The van der Waals surface area contributed by atoms with Crippen LogP contribution in [0.5, 0.6) is 5.75 Å². The number of rotatable bonds is 8. The van der Waals surface area contributed by atoms with E-state index in [1.807, 2.05) is 30.3 Å². The lowest BCUT2D eigenvalue weighted by molar-refractivity contribution is 0.0722. The van der Waals surface area contributed by atoms with Gasteiger partial charge in [-0.3, -0.25) is 4.79 Å². The molecule has 0 aliphatic carbocycles. The van der Waals surface area contributed by atoms with Gasteiger partial charge in [-0.25, -0.2) is 0 Å².